The number of hydrogen-bond donors (Lipinski definition) is 2. The van der Waals surface area contributed by atoms with Gasteiger partial charge in [0.25, 0.3) is 0 Å². The quantitative estimate of drug-likeness (QED) is 0.756. The smallest absolute Gasteiger partial charge is 0.322 e. The number of aliphatic carboxylic acids is 1. The average molecular weight is 236 g/mol. The van der Waals surface area contributed by atoms with Crippen molar-refractivity contribution in [2.75, 3.05) is 18.0 Å². The molecule has 1 rings (SSSR count). The number of carbonyl (C=O) groups is 1. The Morgan fingerprint density at radius 3 is 2.59 bits per heavy atom. The van der Waals surface area contributed by atoms with Crippen molar-refractivity contribution in [3.63, 3.8) is 0 Å². The Kier molecular flexibility index (Phi) is 5.49. The van der Waals surface area contributed by atoms with Gasteiger partial charge in [-0.15, -0.1) is 0 Å². The van der Waals surface area contributed by atoms with Crippen LogP contribution >= 0.6 is 0 Å². The molecule has 0 saturated carbocycles. The summed E-state index contributed by atoms with van der Waals surface area (Å²) in [6.45, 7) is 3.29. The molecule has 0 aliphatic rings. The summed E-state index contributed by atoms with van der Waals surface area (Å²) in [6.07, 6.45) is 2.10. The number of anilines is 1. The molecule has 1 unspecified atom stereocenters. The molecule has 0 amide bonds. The molecule has 0 spiro atoms. The van der Waals surface area contributed by atoms with Crippen molar-refractivity contribution in [1.29, 1.82) is 0 Å². The fraction of sp³-hybridized carbons (Fsp3) is 0.462. The Balaban J connectivity index is 2.70. The highest BCUT2D eigenvalue weighted by molar-refractivity contribution is 5.74. The van der Waals surface area contributed by atoms with Crippen molar-refractivity contribution in [2.45, 2.75) is 25.8 Å². The van der Waals surface area contributed by atoms with Crippen molar-refractivity contribution < 1.29 is 9.90 Å². The predicted molar refractivity (Wildman–Crippen MR) is 69.2 cm³/mol. The number of nitrogens with two attached hydrogens (primary N) is 1. The molecule has 0 fully saturated rings. The number of benzene rings is 1. The highest BCUT2D eigenvalue weighted by Crippen LogP contribution is 2.14. The second-order valence-electron chi connectivity index (χ2n) is 4.08. The van der Waals surface area contributed by atoms with E-state index >= 15 is 0 Å². The van der Waals surface area contributed by atoms with Gasteiger partial charge in [-0.1, -0.05) is 31.5 Å². The van der Waals surface area contributed by atoms with Gasteiger partial charge in [0.05, 0.1) is 0 Å². The lowest BCUT2D eigenvalue weighted by molar-refractivity contribution is -0.138. The van der Waals surface area contributed by atoms with E-state index in [1.165, 1.54) is 0 Å². The maximum atomic E-state index is 10.8. The van der Waals surface area contributed by atoms with Crippen LogP contribution in [0.2, 0.25) is 0 Å². The highest BCUT2D eigenvalue weighted by Gasteiger charge is 2.16. The van der Waals surface area contributed by atoms with E-state index in [2.05, 4.69) is 6.92 Å². The summed E-state index contributed by atoms with van der Waals surface area (Å²) in [4.78, 5) is 12.8. The van der Waals surface area contributed by atoms with Crippen LogP contribution in [0, 0.1) is 0 Å². The average Bonchev–Trinajstić information content (AvgIpc) is 2.35. The lowest BCUT2D eigenvalue weighted by atomic mass is 10.2. The fourth-order valence-corrected chi connectivity index (χ4v) is 1.63. The van der Waals surface area contributed by atoms with E-state index in [9.17, 15) is 4.79 Å². The number of unbranched alkanes of at least 4 members (excludes halogenated alkanes) is 1. The standard InChI is InChI=1S/C13H20N2O2/c1-2-3-9-15(10-12(14)13(16)17)11-7-5-4-6-8-11/h4-8,12H,2-3,9-10,14H2,1H3,(H,16,17). The molecule has 0 aromatic heterocycles. The summed E-state index contributed by atoms with van der Waals surface area (Å²) < 4.78 is 0. The molecule has 4 nitrogen and oxygen atoms in total. The van der Waals surface area contributed by atoms with E-state index in [-0.39, 0.29) is 0 Å². The number of nitrogens with zero attached hydrogens (tertiary/aromatic N) is 1. The summed E-state index contributed by atoms with van der Waals surface area (Å²) in [7, 11) is 0. The van der Waals surface area contributed by atoms with Crippen LogP contribution in [-0.2, 0) is 4.79 Å². The van der Waals surface area contributed by atoms with E-state index in [4.69, 9.17) is 10.8 Å². The zero-order valence-electron chi connectivity index (χ0n) is 10.2. The van der Waals surface area contributed by atoms with Crippen LogP contribution in [-0.4, -0.2) is 30.2 Å². The van der Waals surface area contributed by atoms with Crippen molar-refractivity contribution in [2.24, 2.45) is 5.73 Å². The molecule has 1 atom stereocenters. The van der Waals surface area contributed by atoms with E-state index < -0.39 is 12.0 Å². The molecule has 0 heterocycles. The van der Waals surface area contributed by atoms with Crippen LogP contribution in [0.5, 0.6) is 0 Å². The maximum Gasteiger partial charge on any atom is 0.322 e. The van der Waals surface area contributed by atoms with Gasteiger partial charge in [0.15, 0.2) is 0 Å². The number of rotatable bonds is 7. The monoisotopic (exact) mass is 236 g/mol. The molecule has 1 aromatic carbocycles. The normalized spacial score (nSPS) is 12.1. The molecule has 94 valence electrons. The third kappa shape index (κ3) is 4.44. The molecule has 1 aromatic rings. The minimum absolute atomic E-state index is 0.347. The number of carboxylic acid groups (broad SMARTS) is 1. The molecule has 0 saturated heterocycles. The van der Waals surface area contributed by atoms with Crippen molar-refractivity contribution in [1.82, 2.24) is 0 Å². The lowest BCUT2D eigenvalue weighted by Gasteiger charge is -2.26. The van der Waals surface area contributed by atoms with E-state index in [1.807, 2.05) is 35.2 Å². The lowest BCUT2D eigenvalue weighted by Crippen LogP contribution is -2.43. The fourth-order valence-electron chi connectivity index (χ4n) is 1.63. The third-order valence-corrected chi connectivity index (χ3v) is 2.64. The number of para-hydroxylation sites is 1. The Morgan fingerprint density at radius 1 is 1.41 bits per heavy atom. The van der Waals surface area contributed by atoms with E-state index in [1.54, 1.807) is 0 Å². The van der Waals surface area contributed by atoms with Crippen LogP contribution in [0.25, 0.3) is 0 Å². The first-order chi connectivity index (χ1) is 8.15. The predicted octanol–water partition coefficient (Wildman–Crippen LogP) is 1.70. The molecule has 4 heteroatoms. The second kappa shape index (κ2) is 6.91. The Labute approximate surface area is 102 Å². The van der Waals surface area contributed by atoms with Gasteiger partial charge in [-0.3, -0.25) is 4.79 Å². The van der Waals surface area contributed by atoms with Crippen molar-refractivity contribution in [3.05, 3.63) is 30.3 Å². The molecule has 17 heavy (non-hydrogen) atoms. The summed E-state index contributed by atoms with van der Waals surface area (Å²) in [5.74, 6) is -0.956. The summed E-state index contributed by atoms with van der Waals surface area (Å²) in [5.41, 5.74) is 6.61. The van der Waals surface area contributed by atoms with E-state index in [0.29, 0.717) is 6.54 Å². The number of carboxylic acids is 1. The minimum Gasteiger partial charge on any atom is -0.480 e. The zero-order chi connectivity index (χ0) is 12.7. The molecular formula is C13H20N2O2. The molecule has 0 bridgehead atoms. The molecule has 0 aliphatic carbocycles. The van der Waals surface area contributed by atoms with Gasteiger partial charge in [0, 0.05) is 18.8 Å². The van der Waals surface area contributed by atoms with Gasteiger partial charge < -0.3 is 15.7 Å². The van der Waals surface area contributed by atoms with Crippen LogP contribution < -0.4 is 10.6 Å². The van der Waals surface area contributed by atoms with Crippen molar-refractivity contribution >= 4 is 11.7 Å². The minimum atomic E-state index is -0.956. The van der Waals surface area contributed by atoms with Gasteiger partial charge >= 0.3 is 5.97 Å². The first kappa shape index (κ1) is 13.5. The van der Waals surface area contributed by atoms with Crippen LogP contribution in [0.4, 0.5) is 5.69 Å². The summed E-state index contributed by atoms with van der Waals surface area (Å²) in [5, 5.41) is 8.85. The summed E-state index contributed by atoms with van der Waals surface area (Å²) in [6, 6.07) is 8.95. The zero-order valence-corrected chi connectivity index (χ0v) is 10.2. The summed E-state index contributed by atoms with van der Waals surface area (Å²) >= 11 is 0. The van der Waals surface area contributed by atoms with Gasteiger partial charge in [0.1, 0.15) is 6.04 Å². The molecule has 0 aliphatic heterocycles. The Morgan fingerprint density at radius 2 is 2.06 bits per heavy atom. The first-order valence-electron chi connectivity index (χ1n) is 5.93. The second-order valence-corrected chi connectivity index (χ2v) is 4.08. The van der Waals surface area contributed by atoms with Gasteiger partial charge in [0.2, 0.25) is 0 Å². The first-order valence-corrected chi connectivity index (χ1v) is 5.93. The largest absolute Gasteiger partial charge is 0.480 e. The van der Waals surface area contributed by atoms with Crippen molar-refractivity contribution in [3.8, 4) is 0 Å². The Hall–Kier alpha value is -1.55. The van der Waals surface area contributed by atoms with Gasteiger partial charge in [-0.2, -0.15) is 0 Å². The highest BCUT2D eigenvalue weighted by atomic mass is 16.4. The molecule has 3 N–H and O–H groups in total. The molecule has 0 radical (unpaired) electrons. The van der Waals surface area contributed by atoms with Gasteiger partial charge in [-0.05, 0) is 18.6 Å². The van der Waals surface area contributed by atoms with Gasteiger partial charge in [-0.25, -0.2) is 0 Å². The van der Waals surface area contributed by atoms with Crippen LogP contribution in [0.1, 0.15) is 19.8 Å². The Bertz CT molecular complexity index is 341. The molecular weight excluding hydrogens is 216 g/mol. The SMILES string of the molecule is CCCCN(CC(N)C(=O)O)c1ccccc1. The maximum absolute atomic E-state index is 10.8. The third-order valence-electron chi connectivity index (χ3n) is 2.64. The van der Waals surface area contributed by atoms with Crippen LogP contribution in [0.15, 0.2) is 30.3 Å². The topological polar surface area (TPSA) is 66.6 Å². The van der Waals surface area contributed by atoms with E-state index in [0.717, 1.165) is 25.1 Å². The van der Waals surface area contributed by atoms with Crippen LogP contribution in [0.3, 0.4) is 0 Å². The number of hydrogen-bond acceptors (Lipinski definition) is 3.